The number of hydrogen-bond acceptors (Lipinski definition) is 5. The van der Waals surface area contributed by atoms with Crippen molar-refractivity contribution >= 4 is 11.5 Å². The number of ether oxygens (including phenoxy) is 1. The molecular formula is C10H16N4O. The maximum Gasteiger partial charge on any atom is 0.152 e. The first kappa shape index (κ1) is 10.2. The zero-order valence-electron chi connectivity index (χ0n) is 8.65. The molecule has 1 aromatic rings. The summed E-state index contributed by atoms with van der Waals surface area (Å²) in [5.74, 6) is 1.39. The van der Waals surface area contributed by atoms with Crippen LogP contribution in [0.2, 0.25) is 0 Å². The van der Waals surface area contributed by atoms with Gasteiger partial charge < -0.3 is 15.8 Å². The first-order valence-corrected chi connectivity index (χ1v) is 5.23. The van der Waals surface area contributed by atoms with Gasteiger partial charge in [0.15, 0.2) is 5.82 Å². The van der Waals surface area contributed by atoms with E-state index in [1.54, 1.807) is 6.20 Å². The van der Waals surface area contributed by atoms with E-state index >= 15 is 0 Å². The van der Waals surface area contributed by atoms with Crippen molar-refractivity contribution in [2.45, 2.75) is 12.8 Å². The third-order valence-electron chi connectivity index (χ3n) is 2.64. The minimum absolute atomic E-state index is 0.601. The molecule has 5 nitrogen and oxygen atoms in total. The molecule has 15 heavy (non-hydrogen) atoms. The number of nitrogens with zero attached hydrogens (tertiary/aromatic N) is 2. The predicted molar refractivity (Wildman–Crippen MR) is 58.5 cm³/mol. The van der Waals surface area contributed by atoms with Crippen LogP contribution in [0.5, 0.6) is 0 Å². The lowest BCUT2D eigenvalue weighted by atomic mass is 10.0. The van der Waals surface area contributed by atoms with Gasteiger partial charge in [-0.2, -0.15) is 0 Å². The van der Waals surface area contributed by atoms with Crippen LogP contribution in [0.4, 0.5) is 11.5 Å². The highest BCUT2D eigenvalue weighted by atomic mass is 16.5. The van der Waals surface area contributed by atoms with E-state index in [1.807, 2.05) is 0 Å². The molecule has 1 saturated heterocycles. The first-order valence-electron chi connectivity index (χ1n) is 5.23. The number of nitrogens with two attached hydrogens (primary N) is 1. The number of hydrogen-bond donors (Lipinski definition) is 2. The van der Waals surface area contributed by atoms with E-state index in [2.05, 4.69) is 15.3 Å². The van der Waals surface area contributed by atoms with Crippen LogP contribution in [0.15, 0.2) is 12.5 Å². The maximum absolute atomic E-state index is 5.72. The Balaban J connectivity index is 1.84. The molecule has 0 saturated carbocycles. The van der Waals surface area contributed by atoms with Gasteiger partial charge in [-0.25, -0.2) is 9.97 Å². The van der Waals surface area contributed by atoms with Crippen LogP contribution in [0.1, 0.15) is 12.8 Å². The Bertz CT molecular complexity index is 312. The van der Waals surface area contributed by atoms with Crippen molar-refractivity contribution in [2.24, 2.45) is 5.92 Å². The summed E-state index contributed by atoms with van der Waals surface area (Å²) in [5.41, 5.74) is 6.33. The molecule has 1 aromatic heterocycles. The molecule has 0 amide bonds. The fraction of sp³-hybridized carbons (Fsp3) is 0.600. The second-order valence-corrected chi connectivity index (χ2v) is 3.76. The molecule has 0 aliphatic carbocycles. The van der Waals surface area contributed by atoms with Gasteiger partial charge in [0.05, 0.1) is 11.9 Å². The van der Waals surface area contributed by atoms with Crippen molar-refractivity contribution in [3.63, 3.8) is 0 Å². The predicted octanol–water partition coefficient (Wildman–Crippen LogP) is 0.897. The van der Waals surface area contributed by atoms with Gasteiger partial charge in [-0.1, -0.05) is 0 Å². The van der Waals surface area contributed by atoms with Crippen LogP contribution in [-0.2, 0) is 4.74 Å². The van der Waals surface area contributed by atoms with E-state index in [-0.39, 0.29) is 0 Å². The maximum atomic E-state index is 5.72. The zero-order valence-corrected chi connectivity index (χ0v) is 8.65. The van der Waals surface area contributed by atoms with Gasteiger partial charge in [-0.15, -0.1) is 0 Å². The Kier molecular flexibility index (Phi) is 3.34. The normalized spacial score (nSPS) is 17.6. The topological polar surface area (TPSA) is 73.1 Å². The van der Waals surface area contributed by atoms with E-state index in [0.29, 0.717) is 11.6 Å². The van der Waals surface area contributed by atoms with Gasteiger partial charge in [0.25, 0.3) is 0 Å². The molecule has 0 bridgehead atoms. The molecule has 2 rings (SSSR count). The lowest BCUT2D eigenvalue weighted by Gasteiger charge is -2.22. The van der Waals surface area contributed by atoms with Gasteiger partial charge in [-0.05, 0) is 18.8 Å². The van der Waals surface area contributed by atoms with Gasteiger partial charge in [0.1, 0.15) is 6.33 Å². The second-order valence-electron chi connectivity index (χ2n) is 3.76. The Morgan fingerprint density at radius 2 is 2.27 bits per heavy atom. The Labute approximate surface area is 89.1 Å². The summed E-state index contributed by atoms with van der Waals surface area (Å²) in [5, 5.41) is 3.25. The summed E-state index contributed by atoms with van der Waals surface area (Å²) in [6.45, 7) is 2.64. The van der Waals surface area contributed by atoms with Crippen molar-refractivity contribution < 1.29 is 4.74 Å². The number of nitrogens with one attached hydrogen (secondary N) is 1. The Morgan fingerprint density at radius 3 is 3.00 bits per heavy atom. The monoisotopic (exact) mass is 208 g/mol. The van der Waals surface area contributed by atoms with Gasteiger partial charge in [-0.3, -0.25) is 0 Å². The highest BCUT2D eigenvalue weighted by molar-refractivity contribution is 5.58. The SMILES string of the molecule is Nc1cncnc1NCC1CCOCC1. The third-order valence-corrected chi connectivity index (χ3v) is 2.64. The van der Waals surface area contributed by atoms with E-state index in [4.69, 9.17) is 10.5 Å². The van der Waals surface area contributed by atoms with Gasteiger partial charge in [0.2, 0.25) is 0 Å². The first-order chi connectivity index (χ1) is 7.36. The van der Waals surface area contributed by atoms with E-state index in [0.717, 1.165) is 38.4 Å². The highest BCUT2D eigenvalue weighted by Crippen LogP contribution is 2.17. The Hall–Kier alpha value is -1.36. The molecule has 0 aromatic carbocycles. The van der Waals surface area contributed by atoms with Crippen molar-refractivity contribution in [1.82, 2.24) is 9.97 Å². The molecule has 1 aliphatic heterocycles. The minimum Gasteiger partial charge on any atom is -0.394 e. The third kappa shape index (κ3) is 2.79. The average molecular weight is 208 g/mol. The van der Waals surface area contributed by atoms with Gasteiger partial charge >= 0.3 is 0 Å². The van der Waals surface area contributed by atoms with Crippen LogP contribution >= 0.6 is 0 Å². The molecule has 0 radical (unpaired) electrons. The number of rotatable bonds is 3. The standard InChI is InChI=1S/C10H16N4O/c11-9-6-12-7-14-10(9)13-5-8-1-3-15-4-2-8/h6-8H,1-5,11H2,(H,12,13,14). The van der Waals surface area contributed by atoms with Crippen LogP contribution < -0.4 is 11.1 Å². The number of aromatic nitrogens is 2. The molecule has 0 unspecified atom stereocenters. The molecule has 2 heterocycles. The summed E-state index contributed by atoms with van der Waals surface area (Å²) < 4.78 is 5.30. The average Bonchev–Trinajstić information content (AvgIpc) is 2.29. The van der Waals surface area contributed by atoms with E-state index in [9.17, 15) is 0 Å². The summed E-state index contributed by atoms with van der Waals surface area (Å²) in [7, 11) is 0. The van der Waals surface area contributed by atoms with Crippen LogP contribution in [-0.4, -0.2) is 29.7 Å². The molecule has 1 fully saturated rings. The molecule has 1 aliphatic rings. The lowest BCUT2D eigenvalue weighted by Crippen LogP contribution is -2.23. The van der Waals surface area contributed by atoms with Crippen molar-refractivity contribution in [2.75, 3.05) is 30.8 Å². The molecule has 0 spiro atoms. The molecule has 5 heteroatoms. The zero-order chi connectivity index (χ0) is 10.5. The van der Waals surface area contributed by atoms with Crippen LogP contribution in [0.25, 0.3) is 0 Å². The molecular weight excluding hydrogens is 192 g/mol. The van der Waals surface area contributed by atoms with Gasteiger partial charge in [0, 0.05) is 19.8 Å². The fourth-order valence-corrected chi connectivity index (χ4v) is 1.68. The highest BCUT2D eigenvalue weighted by Gasteiger charge is 2.13. The summed E-state index contributed by atoms with van der Waals surface area (Å²) in [6.07, 6.45) is 5.33. The smallest absolute Gasteiger partial charge is 0.152 e. The Morgan fingerprint density at radius 1 is 1.47 bits per heavy atom. The fourth-order valence-electron chi connectivity index (χ4n) is 1.68. The second kappa shape index (κ2) is 4.93. The van der Waals surface area contributed by atoms with Crippen molar-refractivity contribution in [3.8, 4) is 0 Å². The summed E-state index contributed by atoms with van der Waals surface area (Å²) in [4.78, 5) is 7.93. The molecule has 3 N–H and O–H groups in total. The van der Waals surface area contributed by atoms with Crippen LogP contribution in [0, 0.1) is 5.92 Å². The number of anilines is 2. The minimum atomic E-state index is 0.601. The molecule has 82 valence electrons. The largest absolute Gasteiger partial charge is 0.394 e. The summed E-state index contributed by atoms with van der Waals surface area (Å²) in [6, 6.07) is 0. The lowest BCUT2D eigenvalue weighted by molar-refractivity contribution is 0.0699. The van der Waals surface area contributed by atoms with Crippen LogP contribution in [0.3, 0.4) is 0 Å². The van der Waals surface area contributed by atoms with E-state index in [1.165, 1.54) is 6.33 Å². The quantitative estimate of drug-likeness (QED) is 0.772. The summed E-state index contributed by atoms with van der Waals surface area (Å²) >= 11 is 0. The number of nitrogen functional groups attached to an aromatic ring is 1. The van der Waals surface area contributed by atoms with Crippen molar-refractivity contribution in [3.05, 3.63) is 12.5 Å². The van der Waals surface area contributed by atoms with E-state index < -0.39 is 0 Å². The molecule has 0 atom stereocenters. The van der Waals surface area contributed by atoms with Crippen molar-refractivity contribution in [1.29, 1.82) is 0 Å².